The van der Waals surface area contributed by atoms with Gasteiger partial charge in [0.1, 0.15) is 11.6 Å². The number of aliphatic hydroxyl groups is 1. The van der Waals surface area contributed by atoms with Crippen molar-refractivity contribution in [2.24, 2.45) is 0 Å². The van der Waals surface area contributed by atoms with E-state index in [1.54, 1.807) is 11.0 Å². The first-order valence-electron chi connectivity index (χ1n) is 6.26. The molecule has 5 heteroatoms. The van der Waals surface area contributed by atoms with Gasteiger partial charge in [0.15, 0.2) is 0 Å². The molecule has 0 aliphatic heterocycles. The van der Waals surface area contributed by atoms with E-state index >= 15 is 0 Å². The van der Waals surface area contributed by atoms with E-state index in [9.17, 15) is 9.18 Å². The van der Waals surface area contributed by atoms with Gasteiger partial charge in [-0.1, -0.05) is 0 Å². The number of nitrogens with zero attached hydrogens (tertiary/aromatic N) is 1. The van der Waals surface area contributed by atoms with Gasteiger partial charge in [0.05, 0.1) is 12.7 Å². The topological polar surface area (TPSA) is 49.8 Å². The van der Waals surface area contributed by atoms with Crippen molar-refractivity contribution < 1.29 is 19.0 Å². The monoisotopic (exact) mass is 269 g/mol. The molecule has 0 aliphatic carbocycles. The predicted octanol–water partition coefficient (Wildman–Crippen LogP) is 2.07. The first-order valence-corrected chi connectivity index (χ1v) is 6.26. The van der Waals surface area contributed by atoms with E-state index in [1.165, 1.54) is 19.2 Å². The van der Waals surface area contributed by atoms with E-state index in [0.717, 1.165) is 0 Å². The third-order valence-corrected chi connectivity index (χ3v) is 2.85. The number of rotatable bonds is 6. The first-order chi connectivity index (χ1) is 9.01. The Balaban J connectivity index is 2.96. The van der Waals surface area contributed by atoms with Crippen LogP contribution in [0.3, 0.4) is 0 Å². The van der Waals surface area contributed by atoms with Crippen molar-refractivity contribution in [2.45, 2.75) is 26.3 Å². The smallest absolute Gasteiger partial charge is 0.257 e. The standard InChI is InChI=1S/C14H20FNO3/c1-10(2)16(7-4-8-17)14(18)12-6-5-11(19-3)9-13(12)15/h5-6,9-10,17H,4,7-8H2,1-3H3. The number of hydrogen-bond donors (Lipinski definition) is 1. The summed E-state index contributed by atoms with van der Waals surface area (Å²) >= 11 is 0. The molecule has 0 fully saturated rings. The van der Waals surface area contributed by atoms with Gasteiger partial charge in [-0.05, 0) is 32.4 Å². The molecule has 0 atom stereocenters. The molecule has 0 radical (unpaired) electrons. The van der Waals surface area contributed by atoms with Crippen LogP contribution in [0, 0.1) is 5.82 Å². The fraction of sp³-hybridized carbons (Fsp3) is 0.500. The maximum atomic E-state index is 13.9. The maximum absolute atomic E-state index is 13.9. The highest BCUT2D eigenvalue weighted by molar-refractivity contribution is 5.94. The van der Waals surface area contributed by atoms with Crippen LogP contribution in [-0.2, 0) is 0 Å². The summed E-state index contributed by atoms with van der Waals surface area (Å²) in [5.74, 6) is -0.594. The second-order valence-corrected chi connectivity index (χ2v) is 4.52. The lowest BCUT2D eigenvalue weighted by Crippen LogP contribution is -2.38. The lowest BCUT2D eigenvalue weighted by molar-refractivity contribution is 0.0688. The van der Waals surface area contributed by atoms with E-state index in [2.05, 4.69) is 0 Å². The van der Waals surface area contributed by atoms with Crippen molar-refractivity contribution in [2.75, 3.05) is 20.3 Å². The van der Waals surface area contributed by atoms with Gasteiger partial charge in [0.2, 0.25) is 0 Å². The molecule has 19 heavy (non-hydrogen) atoms. The first kappa shape index (κ1) is 15.4. The van der Waals surface area contributed by atoms with E-state index in [-0.39, 0.29) is 24.1 Å². The number of ether oxygens (including phenoxy) is 1. The van der Waals surface area contributed by atoms with Crippen molar-refractivity contribution in [3.8, 4) is 5.75 Å². The Morgan fingerprint density at radius 2 is 2.16 bits per heavy atom. The SMILES string of the molecule is COc1ccc(C(=O)N(CCCO)C(C)C)c(F)c1. The molecule has 0 aliphatic rings. The summed E-state index contributed by atoms with van der Waals surface area (Å²) in [7, 11) is 1.44. The van der Waals surface area contributed by atoms with E-state index < -0.39 is 5.82 Å². The molecule has 1 rings (SSSR count). The van der Waals surface area contributed by atoms with Gasteiger partial charge in [-0.15, -0.1) is 0 Å². The van der Waals surface area contributed by atoms with E-state index in [0.29, 0.717) is 18.7 Å². The molecule has 4 nitrogen and oxygen atoms in total. The molecule has 1 aromatic carbocycles. The largest absolute Gasteiger partial charge is 0.497 e. The van der Waals surface area contributed by atoms with Crippen molar-refractivity contribution in [3.63, 3.8) is 0 Å². The quantitative estimate of drug-likeness (QED) is 0.860. The minimum absolute atomic E-state index is 0.00158. The number of carbonyl (C=O) groups is 1. The second-order valence-electron chi connectivity index (χ2n) is 4.52. The van der Waals surface area contributed by atoms with Gasteiger partial charge >= 0.3 is 0 Å². The van der Waals surface area contributed by atoms with E-state index in [1.807, 2.05) is 13.8 Å². The van der Waals surface area contributed by atoms with Gasteiger partial charge in [0, 0.05) is 25.3 Å². The predicted molar refractivity (Wildman–Crippen MR) is 70.8 cm³/mol. The molecule has 106 valence electrons. The lowest BCUT2D eigenvalue weighted by Gasteiger charge is -2.26. The van der Waals surface area contributed by atoms with Gasteiger partial charge in [-0.3, -0.25) is 4.79 Å². The Hall–Kier alpha value is -1.62. The fourth-order valence-corrected chi connectivity index (χ4v) is 1.79. The molecule has 0 spiro atoms. The Kier molecular flexibility index (Phi) is 5.76. The number of aliphatic hydroxyl groups excluding tert-OH is 1. The van der Waals surface area contributed by atoms with Crippen LogP contribution in [0.1, 0.15) is 30.6 Å². The van der Waals surface area contributed by atoms with Crippen LogP contribution in [0.2, 0.25) is 0 Å². The number of carbonyl (C=O) groups excluding carboxylic acids is 1. The minimum atomic E-state index is -0.598. The summed E-state index contributed by atoms with van der Waals surface area (Å²) in [5.41, 5.74) is 0.0208. The van der Waals surface area contributed by atoms with Gasteiger partial charge in [-0.25, -0.2) is 4.39 Å². The van der Waals surface area contributed by atoms with Crippen LogP contribution in [-0.4, -0.2) is 42.2 Å². The van der Waals surface area contributed by atoms with Crippen LogP contribution in [0.4, 0.5) is 4.39 Å². The average Bonchev–Trinajstić information content (AvgIpc) is 2.38. The Morgan fingerprint density at radius 3 is 2.63 bits per heavy atom. The third kappa shape index (κ3) is 3.92. The van der Waals surface area contributed by atoms with Crippen molar-refractivity contribution in [1.82, 2.24) is 4.90 Å². The van der Waals surface area contributed by atoms with Crippen LogP contribution in [0.5, 0.6) is 5.75 Å². The third-order valence-electron chi connectivity index (χ3n) is 2.85. The Bertz CT molecular complexity index is 435. The van der Waals surface area contributed by atoms with Gasteiger partial charge in [0.25, 0.3) is 5.91 Å². The molecule has 1 aromatic rings. The summed E-state index contributed by atoms with van der Waals surface area (Å²) in [5, 5.41) is 8.84. The van der Waals surface area contributed by atoms with Crippen LogP contribution >= 0.6 is 0 Å². The summed E-state index contributed by atoms with van der Waals surface area (Å²) in [4.78, 5) is 13.8. The molecule has 1 amide bonds. The zero-order valence-corrected chi connectivity index (χ0v) is 11.5. The normalized spacial score (nSPS) is 10.6. The molecule has 0 bridgehead atoms. The molecular weight excluding hydrogens is 249 g/mol. The minimum Gasteiger partial charge on any atom is -0.497 e. The molecule has 0 unspecified atom stereocenters. The Morgan fingerprint density at radius 1 is 1.47 bits per heavy atom. The molecule has 0 aromatic heterocycles. The van der Waals surface area contributed by atoms with Crippen LogP contribution in [0.25, 0.3) is 0 Å². The zero-order valence-electron chi connectivity index (χ0n) is 11.5. The highest BCUT2D eigenvalue weighted by atomic mass is 19.1. The molecule has 1 N–H and O–H groups in total. The highest BCUT2D eigenvalue weighted by Gasteiger charge is 2.21. The lowest BCUT2D eigenvalue weighted by atomic mass is 10.1. The van der Waals surface area contributed by atoms with Crippen LogP contribution in [0.15, 0.2) is 18.2 Å². The summed E-state index contributed by atoms with van der Waals surface area (Å²) < 4.78 is 18.8. The Labute approximate surface area is 112 Å². The van der Waals surface area contributed by atoms with Crippen LogP contribution < -0.4 is 4.74 Å². The average molecular weight is 269 g/mol. The number of hydrogen-bond acceptors (Lipinski definition) is 3. The highest BCUT2D eigenvalue weighted by Crippen LogP contribution is 2.18. The van der Waals surface area contributed by atoms with E-state index in [4.69, 9.17) is 9.84 Å². The number of methoxy groups -OCH3 is 1. The zero-order chi connectivity index (χ0) is 14.4. The molecule has 0 saturated heterocycles. The maximum Gasteiger partial charge on any atom is 0.257 e. The summed E-state index contributed by atoms with van der Waals surface area (Å²) in [6, 6.07) is 4.12. The molecule has 0 saturated carbocycles. The summed E-state index contributed by atoms with van der Waals surface area (Å²) in [6.45, 7) is 4.12. The fourth-order valence-electron chi connectivity index (χ4n) is 1.79. The van der Waals surface area contributed by atoms with Crippen molar-refractivity contribution >= 4 is 5.91 Å². The van der Waals surface area contributed by atoms with Gasteiger partial charge in [-0.2, -0.15) is 0 Å². The van der Waals surface area contributed by atoms with Crippen molar-refractivity contribution in [1.29, 1.82) is 0 Å². The number of amides is 1. The van der Waals surface area contributed by atoms with Gasteiger partial charge < -0.3 is 14.7 Å². The number of benzene rings is 1. The molecule has 0 heterocycles. The summed E-state index contributed by atoms with van der Waals surface area (Å²) in [6.07, 6.45) is 0.474. The molecular formula is C14H20FNO3. The van der Waals surface area contributed by atoms with Crippen molar-refractivity contribution in [3.05, 3.63) is 29.6 Å². The second kappa shape index (κ2) is 7.09. The number of halogens is 1.